The van der Waals surface area contributed by atoms with Crippen LogP contribution < -0.4 is 0 Å². The van der Waals surface area contributed by atoms with E-state index < -0.39 is 0 Å². The van der Waals surface area contributed by atoms with Crippen LogP contribution in [0.25, 0.3) is 0 Å². The van der Waals surface area contributed by atoms with Gasteiger partial charge >= 0.3 is 0 Å². The van der Waals surface area contributed by atoms with Gasteiger partial charge in [0.25, 0.3) is 0 Å². The third kappa shape index (κ3) is 5.21. The van der Waals surface area contributed by atoms with Crippen molar-refractivity contribution in [1.29, 1.82) is 0 Å². The molecule has 0 spiro atoms. The first-order chi connectivity index (χ1) is 8.43. The standard InChI is InChI=1S/C13H20ClIN2S/c1-5-9(4)18-7-11-16-10(6-8(2)3)12(15)13(14)17-11/h8-9H,5-7H2,1-4H3. The highest BCUT2D eigenvalue weighted by molar-refractivity contribution is 14.1. The molecule has 1 unspecified atom stereocenters. The lowest BCUT2D eigenvalue weighted by atomic mass is 10.1. The van der Waals surface area contributed by atoms with E-state index in [1.54, 1.807) is 0 Å². The van der Waals surface area contributed by atoms with E-state index in [4.69, 9.17) is 11.6 Å². The molecule has 18 heavy (non-hydrogen) atoms. The molecule has 1 aromatic heterocycles. The summed E-state index contributed by atoms with van der Waals surface area (Å²) in [7, 11) is 0. The number of nitrogens with zero attached hydrogens (tertiary/aromatic N) is 2. The zero-order chi connectivity index (χ0) is 13.7. The van der Waals surface area contributed by atoms with Gasteiger partial charge in [-0.05, 0) is 41.4 Å². The molecule has 0 aliphatic rings. The van der Waals surface area contributed by atoms with E-state index in [1.807, 2.05) is 11.8 Å². The Morgan fingerprint density at radius 3 is 2.50 bits per heavy atom. The van der Waals surface area contributed by atoms with Crippen molar-refractivity contribution in [3.05, 3.63) is 20.2 Å². The van der Waals surface area contributed by atoms with Crippen molar-refractivity contribution >= 4 is 46.0 Å². The van der Waals surface area contributed by atoms with Crippen LogP contribution in [0.5, 0.6) is 0 Å². The molecule has 0 fully saturated rings. The van der Waals surface area contributed by atoms with E-state index >= 15 is 0 Å². The molecular formula is C13H20ClIN2S. The topological polar surface area (TPSA) is 25.8 Å². The van der Waals surface area contributed by atoms with Crippen LogP contribution in [0.1, 0.15) is 45.6 Å². The second kappa shape index (κ2) is 7.90. The van der Waals surface area contributed by atoms with Crippen molar-refractivity contribution in [2.75, 3.05) is 0 Å². The number of halogens is 2. The predicted octanol–water partition coefficient (Wildman–Crippen LogP) is 4.96. The molecule has 0 N–H and O–H groups in total. The molecule has 0 saturated heterocycles. The van der Waals surface area contributed by atoms with Crippen LogP contribution in [0.2, 0.25) is 5.15 Å². The fourth-order valence-electron chi connectivity index (χ4n) is 1.43. The molecule has 5 heteroatoms. The highest BCUT2D eigenvalue weighted by Gasteiger charge is 2.12. The first-order valence-corrected chi connectivity index (χ1v) is 8.76. The Hall–Kier alpha value is 0.450. The molecule has 1 atom stereocenters. The lowest BCUT2D eigenvalue weighted by molar-refractivity contribution is 0.629. The van der Waals surface area contributed by atoms with Gasteiger partial charge in [-0.15, -0.1) is 0 Å². The van der Waals surface area contributed by atoms with E-state index in [9.17, 15) is 0 Å². The summed E-state index contributed by atoms with van der Waals surface area (Å²) in [6, 6.07) is 0. The smallest absolute Gasteiger partial charge is 0.146 e. The predicted molar refractivity (Wildman–Crippen MR) is 89.3 cm³/mol. The van der Waals surface area contributed by atoms with Crippen molar-refractivity contribution in [1.82, 2.24) is 9.97 Å². The molecule has 0 aromatic carbocycles. The van der Waals surface area contributed by atoms with Gasteiger partial charge in [-0.2, -0.15) is 11.8 Å². The zero-order valence-corrected chi connectivity index (χ0v) is 15.1. The first-order valence-electron chi connectivity index (χ1n) is 6.26. The Balaban J connectivity index is 2.83. The Labute approximate surface area is 133 Å². The average molecular weight is 399 g/mol. The summed E-state index contributed by atoms with van der Waals surface area (Å²) in [6.45, 7) is 8.82. The van der Waals surface area contributed by atoms with Gasteiger partial charge in [0.1, 0.15) is 11.0 Å². The number of rotatable bonds is 6. The van der Waals surface area contributed by atoms with Gasteiger partial charge in [0, 0.05) is 5.25 Å². The first kappa shape index (κ1) is 16.5. The summed E-state index contributed by atoms with van der Waals surface area (Å²) in [5, 5.41) is 1.24. The minimum atomic E-state index is 0.583. The van der Waals surface area contributed by atoms with Crippen molar-refractivity contribution in [2.24, 2.45) is 5.92 Å². The molecule has 0 saturated carbocycles. The fraction of sp³-hybridized carbons (Fsp3) is 0.692. The monoisotopic (exact) mass is 398 g/mol. The second-order valence-electron chi connectivity index (χ2n) is 4.82. The van der Waals surface area contributed by atoms with Crippen LogP contribution in [0.15, 0.2) is 0 Å². The van der Waals surface area contributed by atoms with Crippen LogP contribution in [0.3, 0.4) is 0 Å². The summed E-state index contributed by atoms with van der Waals surface area (Å²) >= 11 is 10.3. The minimum Gasteiger partial charge on any atom is -0.236 e. The molecule has 1 aromatic rings. The lowest BCUT2D eigenvalue weighted by Crippen LogP contribution is -2.07. The van der Waals surface area contributed by atoms with Gasteiger partial charge in [0.05, 0.1) is 15.0 Å². The molecule has 0 aliphatic heterocycles. The zero-order valence-electron chi connectivity index (χ0n) is 11.3. The van der Waals surface area contributed by atoms with Gasteiger partial charge < -0.3 is 0 Å². The number of aromatic nitrogens is 2. The van der Waals surface area contributed by atoms with Gasteiger partial charge in [-0.25, -0.2) is 9.97 Å². The quantitative estimate of drug-likeness (QED) is 0.500. The van der Waals surface area contributed by atoms with E-state index in [0.29, 0.717) is 16.3 Å². The van der Waals surface area contributed by atoms with Crippen LogP contribution in [-0.2, 0) is 12.2 Å². The van der Waals surface area contributed by atoms with Gasteiger partial charge in [-0.1, -0.05) is 39.3 Å². The Morgan fingerprint density at radius 1 is 1.28 bits per heavy atom. The van der Waals surface area contributed by atoms with Crippen LogP contribution in [0, 0.1) is 9.49 Å². The number of hydrogen-bond donors (Lipinski definition) is 0. The Kier molecular flexibility index (Phi) is 7.24. The maximum atomic E-state index is 6.18. The molecule has 0 radical (unpaired) electrons. The summed E-state index contributed by atoms with van der Waals surface area (Å²) in [6.07, 6.45) is 2.13. The summed E-state index contributed by atoms with van der Waals surface area (Å²) < 4.78 is 1.00. The second-order valence-corrected chi connectivity index (χ2v) is 7.68. The Bertz CT molecular complexity index is 399. The lowest BCUT2D eigenvalue weighted by Gasteiger charge is -2.11. The molecule has 0 aliphatic carbocycles. The largest absolute Gasteiger partial charge is 0.236 e. The van der Waals surface area contributed by atoms with Gasteiger partial charge in [0.2, 0.25) is 0 Å². The van der Waals surface area contributed by atoms with Gasteiger partial charge in [0.15, 0.2) is 0 Å². The SMILES string of the molecule is CCC(C)SCc1nc(Cl)c(I)c(CC(C)C)n1. The van der Waals surface area contributed by atoms with Gasteiger partial charge in [-0.3, -0.25) is 0 Å². The van der Waals surface area contributed by atoms with Crippen LogP contribution in [-0.4, -0.2) is 15.2 Å². The summed E-state index contributed by atoms with van der Waals surface area (Å²) in [4.78, 5) is 9.03. The minimum absolute atomic E-state index is 0.583. The van der Waals surface area contributed by atoms with Crippen molar-refractivity contribution in [2.45, 2.75) is 51.5 Å². The molecule has 0 amide bonds. The normalized spacial score (nSPS) is 13.1. The highest BCUT2D eigenvalue weighted by Crippen LogP contribution is 2.24. The van der Waals surface area contributed by atoms with E-state index in [2.05, 4.69) is 60.3 Å². The van der Waals surface area contributed by atoms with Crippen molar-refractivity contribution < 1.29 is 0 Å². The third-order valence-corrected chi connectivity index (χ3v) is 5.65. The van der Waals surface area contributed by atoms with Crippen molar-refractivity contribution in [3.8, 4) is 0 Å². The number of hydrogen-bond acceptors (Lipinski definition) is 3. The summed E-state index contributed by atoms with van der Waals surface area (Å²) in [5.41, 5.74) is 1.09. The molecule has 102 valence electrons. The fourth-order valence-corrected chi connectivity index (χ4v) is 2.90. The highest BCUT2D eigenvalue weighted by atomic mass is 127. The van der Waals surface area contributed by atoms with E-state index in [1.165, 1.54) is 6.42 Å². The summed E-state index contributed by atoms with van der Waals surface area (Å²) in [5.74, 6) is 2.29. The number of thioether (sulfide) groups is 1. The molecular weight excluding hydrogens is 379 g/mol. The maximum absolute atomic E-state index is 6.18. The van der Waals surface area contributed by atoms with Crippen LogP contribution in [0.4, 0.5) is 0 Å². The molecule has 1 rings (SSSR count). The van der Waals surface area contributed by atoms with E-state index in [-0.39, 0.29) is 0 Å². The molecule has 1 heterocycles. The maximum Gasteiger partial charge on any atom is 0.146 e. The van der Waals surface area contributed by atoms with Crippen LogP contribution >= 0.6 is 46.0 Å². The van der Waals surface area contributed by atoms with Crippen molar-refractivity contribution in [3.63, 3.8) is 0 Å². The van der Waals surface area contributed by atoms with E-state index in [0.717, 1.165) is 27.3 Å². The Morgan fingerprint density at radius 2 is 1.94 bits per heavy atom. The molecule has 2 nitrogen and oxygen atoms in total. The average Bonchev–Trinajstić information content (AvgIpc) is 2.31. The third-order valence-electron chi connectivity index (χ3n) is 2.60. The molecule has 0 bridgehead atoms.